The first kappa shape index (κ1) is 29.9. The van der Waals surface area contributed by atoms with E-state index in [4.69, 9.17) is 25.9 Å². The number of rotatable bonds is 0. The van der Waals surface area contributed by atoms with Gasteiger partial charge in [0.1, 0.15) is 0 Å². The van der Waals surface area contributed by atoms with Crippen molar-refractivity contribution in [2.24, 2.45) is 0 Å². The molecule has 0 amide bonds. The van der Waals surface area contributed by atoms with Crippen LogP contribution < -0.4 is 0 Å². The van der Waals surface area contributed by atoms with Crippen molar-refractivity contribution in [1.29, 1.82) is 0 Å². The van der Waals surface area contributed by atoms with Gasteiger partial charge in [0, 0.05) is 0 Å². The maximum absolute atomic E-state index is 10.7. The monoisotopic (exact) mass is 678 g/mol. The van der Waals surface area contributed by atoms with Gasteiger partial charge in [0.2, 0.25) is 0 Å². The normalized spacial score (nSPS) is 12.3. The van der Waals surface area contributed by atoms with E-state index in [2.05, 4.69) is 40.7 Å². The van der Waals surface area contributed by atoms with Crippen LogP contribution in [-0.4, -0.2) is 37.0 Å². The minimum absolute atomic E-state index is 0. The summed E-state index contributed by atoms with van der Waals surface area (Å²) in [5.74, 6) is 0. The standard InChI is InChI=1S/2CHF3O3S.2Cu.2HI/c2*2-1(3,4)8(5,6)7;;;;/h2*(H,5,6,7);;;2*1H/q;;2*+2;;/p-4. The second-order valence-electron chi connectivity index (χ2n) is 1.84. The van der Waals surface area contributed by atoms with E-state index in [1.165, 1.54) is 0 Å². The second-order valence-corrected chi connectivity index (χ2v) is 12.5. The van der Waals surface area contributed by atoms with Gasteiger partial charge in [-0.3, -0.25) is 0 Å². The van der Waals surface area contributed by atoms with Crippen LogP contribution in [0.5, 0.6) is 0 Å². The minimum atomic E-state index is -6.09. The molecule has 134 valence electrons. The van der Waals surface area contributed by atoms with Crippen molar-refractivity contribution in [3.8, 4) is 0 Å². The Morgan fingerprint density at radius 3 is 0.800 bits per heavy atom. The molecule has 0 aliphatic rings. The number of hydrogen-bond acceptors (Lipinski definition) is 6. The zero-order chi connectivity index (χ0) is 16.7. The Morgan fingerprint density at radius 2 is 0.800 bits per heavy atom. The quantitative estimate of drug-likeness (QED) is 0.127. The molecule has 0 aromatic rings. The van der Waals surface area contributed by atoms with E-state index < -0.39 is 31.3 Å². The fourth-order valence-electron chi connectivity index (χ4n) is 0. The maximum atomic E-state index is 10.7. The van der Waals surface area contributed by atoms with Crippen molar-refractivity contribution in [2.75, 3.05) is 0 Å². The summed E-state index contributed by atoms with van der Waals surface area (Å²) in [7, 11) is -10.4. The molecule has 0 aliphatic heterocycles. The molecule has 1 radical (unpaired) electrons. The third kappa shape index (κ3) is 17.9. The third-order valence-electron chi connectivity index (χ3n) is 0.567. The van der Waals surface area contributed by atoms with Crippen molar-refractivity contribution in [1.82, 2.24) is 0 Å². The van der Waals surface area contributed by atoms with Crippen molar-refractivity contribution >= 4 is 60.9 Å². The summed E-state index contributed by atoms with van der Waals surface area (Å²) in [5, 5.41) is 0. The first-order valence-corrected chi connectivity index (χ1v) is 11.7. The van der Waals surface area contributed by atoms with Crippen molar-refractivity contribution in [3.05, 3.63) is 0 Å². The van der Waals surface area contributed by atoms with E-state index in [1.54, 1.807) is 8.46 Å². The molecule has 0 unspecified atom stereocenters. The Bertz CT molecular complexity index is 401. The summed E-state index contributed by atoms with van der Waals surface area (Å²) in [6.45, 7) is 0. The summed E-state index contributed by atoms with van der Waals surface area (Å²) < 4.78 is 118. The van der Waals surface area contributed by atoms with Crippen LogP contribution in [0.4, 0.5) is 26.3 Å². The predicted molar refractivity (Wildman–Crippen MR) is 59.5 cm³/mol. The Balaban J connectivity index is -0.000000103. The molecule has 0 atom stereocenters. The van der Waals surface area contributed by atoms with E-state index >= 15 is 0 Å². The average molecular weight is 679 g/mol. The van der Waals surface area contributed by atoms with Crippen LogP contribution in [0.15, 0.2) is 0 Å². The molecule has 0 saturated heterocycles. The van der Waals surface area contributed by atoms with Gasteiger partial charge in [-0.2, -0.15) is 26.3 Å². The molecule has 0 spiro atoms. The molecular formula is C2Cu2F6I2O6S2. The molecule has 0 heterocycles. The molecule has 0 bridgehead atoms. The molecule has 20 heavy (non-hydrogen) atoms. The molecule has 18 heteroatoms. The first-order valence-electron chi connectivity index (χ1n) is 2.77. The van der Waals surface area contributed by atoms with E-state index in [0.29, 0.717) is 0 Å². The fourth-order valence-corrected chi connectivity index (χ4v) is 0. The summed E-state index contributed by atoms with van der Waals surface area (Å²) in [5.41, 5.74) is -11.3. The van der Waals surface area contributed by atoms with Crippen molar-refractivity contribution in [2.45, 2.75) is 11.0 Å². The second kappa shape index (κ2) is 11.4. The Hall–Kier alpha value is 1.90. The van der Waals surface area contributed by atoms with Gasteiger partial charge in [-0.05, 0) is 0 Å². The molecule has 0 aromatic carbocycles. The Morgan fingerprint density at radius 1 is 0.750 bits per heavy atom. The summed E-state index contributed by atoms with van der Waals surface area (Å²) in [6, 6.07) is 0. The van der Waals surface area contributed by atoms with Crippen molar-refractivity contribution in [3.63, 3.8) is 0 Å². The molecular weight excluding hydrogens is 679 g/mol. The van der Waals surface area contributed by atoms with Crippen LogP contribution in [-0.2, 0) is 45.8 Å². The molecule has 0 aliphatic carbocycles. The average Bonchev–Trinajstić information content (AvgIpc) is 1.97. The number of halogens is 8. The predicted octanol–water partition coefficient (Wildman–Crippen LogP) is 1.87. The van der Waals surface area contributed by atoms with Crippen LogP contribution in [0.3, 0.4) is 0 Å². The molecule has 0 N–H and O–H groups in total. The van der Waals surface area contributed by atoms with E-state index in [9.17, 15) is 26.3 Å². The van der Waals surface area contributed by atoms with Crippen LogP contribution in [0.1, 0.15) is 0 Å². The van der Waals surface area contributed by atoms with E-state index in [0.717, 1.165) is 0 Å². The Kier molecular flexibility index (Phi) is 17.1. The fraction of sp³-hybridized carbons (Fsp3) is 1.00. The van der Waals surface area contributed by atoms with Gasteiger partial charge >= 0.3 is 77.2 Å². The zero-order valence-corrected chi connectivity index (χ0v) is 15.7. The molecule has 0 saturated carbocycles. The van der Waals surface area contributed by atoms with Gasteiger partial charge in [0.05, 0.1) is 0 Å². The Labute approximate surface area is 148 Å². The summed E-state index contributed by atoms with van der Waals surface area (Å²) in [6.07, 6.45) is 0. The number of alkyl halides is 6. The van der Waals surface area contributed by atoms with Crippen LogP contribution in [0, 0.1) is 0 Å². The van der Waals surface area contributed by atoms with Gasteiger partial charge in [-0.15, -0.1) is 0 Å². The summed E-state index contributed by atoms with van der Waals surface area (Å²) in [4.78, 5) is 0. The van der Waals surface area contributed by atoms with Crippen LogP contribution >= 0.6 is 40.7 Å². The third-order valence-corrected chi connectivity index (χ3v) is 1.70. The van der Waals surface area contributed by atoms with E-state index in [1.807, 2.05) is 0 Å². The molecule has 6 nitrogen and oxygen atoms in total. The summed E-state index contributed by atoms with van der Waals surface area (Å²) >= 11 is 4.36. The van der Waals surface area contributed by atoms with Gasteiger partial charge in [-0.1, -0.05) is 0 Å². The first-order chi connectivity index (χ1) is 7.91. The van der Waals surface area contributed by atoms with Gasteiger partial charge in [0.25, 0.3) is 0 Å². The SMILES string of the molecule is O=S(=O)([O-])C(F)(F)F.O=S(=O)([O-])C(F)(F)F.[Cu+2].[I][Cu][I]. The van der Waals surface area contributed by atoms with Gasteiger partial charge < -0.3 is 9.11 Å². The van der Waals surface area contributed by atoms with Crippen LogP contribution in [0.25, 0.3) is 0 Å². The van der Waals surface area contributed by atoms with Gasteiger partial charge in [0.15, 0.2) is 20.2 Å². The van der Waals surface area contributed by atoms with Crippen molar-refractivity contribution < 1.29 is 77.8 Å². The van der Waals surface area contributed by atoms with E-state index in [-0.39, 0.29) is 17.1 Å². The molecule has 0 fully saturated rings. The number of hydrogen-bond donors (Lipinski definition) is 0. The topological polar surface area (TPSA) is 114 Å². The van der Waals surface area contributed by atoms with Crippen LogP contribution in [0.2, 0.25) is 0 Å². The zero-order valence-electron chi connectivity index (χ0n) is 7.89. The molecule has 0 aromatic heterocycles. The molecule has 0 rings (SSSR count). The van der Waals surface area contributed by atoms with Gasteiger partial charge in [-0.25, -0.2) is 16.8 Å².